The second-order valence-electron chi connectivity index (χ2n) is 7.13. The van der Waals surface area contributed by atoms with E-state index in [2.05, 4.69) is 10.0 Å². The lowest BCUT2D eigenvalue weighted by atomic mass is 10.1. The van der Waals surface area contributed by atoms with E-state index in [0.29, 0.717) is 16.4 Å². The maximum absolute atomic E-state index is 12.7. The van der Waals surface area contributed by atoms with E-state index in [9.17, 15) is 13.2 Å². The van der Waals surface area contributed by atoms with Crippen molar-refractivity contribution < 1.29 is 13.2 Å². The van der Waals surface area contributed by atoms with Gasteiger partial charge in [-0.3, -0.25) is 9.52 Å². The zero-order valence-electron chi connectivity index (χ0n) is 17.3. The van der Waals surface area contributed by atoms with Gasteiger partial charge in [-0.05, 0) is 92.6 Å². The molecule has 5 nitrogen and oxygen atoms in total. The van der Waals surface area contributed by atoms with E-state index in [-0.39, 0.29) is 16.1 Å². The third-order valence-electron chi connectivity index (χ3n) is 4.69. The predicted molar refractivity (Wildman–Crippen MR) is 129 cm³/mol. The number of thioether (sulfide) groups is 1. The van der Waals surface area contributed by atoms with Crippen LogP contribution in [0, 0.1) is 13.8 Å². The van der Waals surface area contributed by atoms with Crippen LogP contribution in [0.3, 0.4) is 0 Å². The Hall–Kier alpha value is -2.48. The number of hydrogen-bond acceptors (Lipinski definition) is 4. The Morgan fingerprint density at radius 2 is 1.52 bits per heavy atom. The summed E-state index contributed by atoms with van der Waals surface area (Å²) >= 11 is 7.30. The Bertz CT molecular complexity index is 1180. The summed E-state index contributed by atoms with van der Waals surface area (Å²) in [4.78, 5) is 13.5. The van der Waals surface area contributed by atoms with Crippen LogP contribution in [0.4, 0.5) is 11.4 Å². The molecule has 0 aliphatic heterocycles. The van der Waals surface area contributed by atoms with Crippen molar-refractivity contribution in [3.63, 3.8) is 0 Å². The molecule has 0 radical (unpaired) electrons. The van der Waals surface area contributed by atoms with Gasteiger partial charge in [0, 0.05) is 21.3 Å². The normalized spacial score (nSPS) is 12.3. The first-order chi connectivity index (χ1) is 14.6. The molecule has 0 fully saturated rings. The standard InChI is InChI=1S/C23H23ClN2O3S2/c1-15-4-7-20(14-16(15)2)26-31(28,29)22-12-8-19(9-13-22)25-23(27)17(3)30-21-10-5-18(24)6-11-21/h4-14,17,26H,1-3H3,(H,25,27)/t17-/m0/s1. The molecule has 0 aliphatic carbocycles. The van der Waals surface area contributed by atoms with E-state index in [1.54, 1.807) is 43.3 Å². The molecular formula is C23H23ClN2O3S2. The lowest BCUT2D eigenvalue weighted by Gasteiger charge is -2.13. The number of carbonyl (C=O) groups excluding carboxylic acids is 1. The van der Waals surface area contributed by atoms with E-state index in [1.807, 2.05) is 32.0 Å². The SMILES string of the molecule is Cc1ccc(NS(=O)(=O)c2ccc(NC(=O)[C@H](C)Sc3ccc(Cl)cc3)cc2)cc1C. The van der Waals surface area contributed by atoms with Gasteiger partial charge in [-0.15, -0.1) is 11.8 Å². The first-order valence-corrected chi connectivity index (χ1v) is 12.3. The zero-order valence-corrected chi connectivity index (χ0v) is 19.7. The summed E-state index contributed by atoms with van der Waals surface area (Å²) in [5, 5.41) is 3.12. The summed E-state index contributed by atoms with van der Waals surface area (Å²) in [6.45, 7) is 5.70. The highest BCUT2D eigenvalue weighted by atomic mass is 35.5. The van der Waals surface area contributed by atoms with Gasteiger partial charge >= 0.3 is 0 Å². The van der Waals surface area contributed by atoms with Crippen molar-refractivity contribution in [1.29, 1.82) is 0 Å². The minimum absolute atomic E-state index is 0.118. The number of sulfonamides is 1. The molecule has 0 heterocycles. The third kappa shape index (κ3) is 6.26. The van der Waals surface area contributed by atoms with Gasteiger partial charge in [0.05, 0.1) is 10.1 Å². The monoisotopic (exact) mass is 474 g/mol. The van der Waals surface area contributed by atoms with Crippen LogP contribution in [0.25, 0.3) is 0 Å². The Labute approximate surface area is 192 Å². The molecular weight excluding hydrogens is 452 g/mol. The van der Waals surface area contributed by atoms with Crippen LogP contribution in [-0.2, 0) is 14.8 Å². The summed E-state index contributed by atoms with van der Waals surface area (Å²) in [7, 11) is -3.73. The first-order valence-electron chi connectivity index (χ1n) is 9.57. The van der Waals surface area contributed by atoms with E-state index < -0.39 is 10.0 Å². The molecule has 0 bridgehead atoms. The summed E-state index contributed by atoms with van der Waals surface area (Å²) in [5.74, 6) is -0.177. The summed E-state index contributed by atoms with van der Waals surface area (Å²) in [5.41, 5.74) is 3.13. The second kappa shape index (κ2) is 9.77. The van der Waals surface area contributed by atoms with Crippen LogP contribution in [0.15, 0.2) is 76.5 Å². The zero-order chi connectivity index (χ0) is 22.6. The molecule has 3 aromatic rings. The lowest BCUT2D eigenvalue weighted by Crippen LogP contribution is -2.22. The molecule has 2 N–H and O–H groups in total. The summed E-state index contributed by atoms with van der Waals surface area (Å²) in [6.07, 6.45) is 0. The molecule has 0 aliphatic rings. The number of carbonyl (C=O) groups is 1. The molecule has 3 rings (SSSR count). The Morgan fingerprint density at radius 1 is 0.903 bits per heavy atom. The van der Waals surface area contributed by atoms with Crippen molar-refractivity contribution in [3.05, 3.63) is 82.9 Å². The number of benzene rings is 3. The fraction of sp³-hybridized carbons (Fsp3) is 0.174. The Kier molecular flexibility index (Phi) is 7.30. The van der Waals surface area contributed by atoms with Gasteiger partial charge in [0.2, 0.25) is 5.91 Å². The van der Waals surface area contributed by atoms with Gasteiger partial charge in [-0.25, -0.2) is 8.42 Å². The molecule has 8 heteroatoms. The Balaban J connectivity index is 1.63. The average molecular weight is 475 g/mol. The highest BCUT2D eigenvalue weighted by Gasteiger charge is 2.17. The maximum atomic E-state index is 12.7. The van der Waals surface area contributed by atoms with Gasteiger partial charge in [-0.2, -0.15) is 0 Å². The number of anilines is 2. The molecule has 0 spiro atoms. The van der Waals surface area contributed by atoms with Crippen LogP contribution in [0.5, 0.6) is 0 Å². The van der Waals surface area contributed by atoms with Crippen LogP contribution in [0.1, 0.15) is 18.1 Å². The number of amides is 1. The van der Waals surface area contributed by atoms with Crippen molar-refractivity contribution in [2.24, 2.45) is 0 Å². The van der Waals surface area contributed by atoms with Gasteiger partial charge in [-0.1, -0.05) is 17.7 Å². The number of nitrogens with one attached hydrogen (secondary N) is 2. The van der Waals surface area contributed by atoms with Crippen LogP contribution < -0.4 is 10.0 Å². The van der Waals surface area contributed by atoms with Crippen molar-refractivity contribution in [2.45, 2.75) is 35.8 Å². The minimum Gasteiger partial charge on any atom is -0.325 e. The van der Waals surface area contributed by atoms with Crippen molar-refractivity contribution in [2.75, 3.05) is 10.0 Å². The smallest absolute Gasteiger partial charge is 0.261 e. The molecule has 0 aromatic heterocycles. The van der Waals surface area contributed by atoms with Gasteiger partial charge in [0.25, 0.3) is 10.0 Å². The molecule has 3 aromatic carbocycles. The quantitative estimate of drug-likeness (QED) is 0.419. The topological polar surface area (TPSA) is 75.3 Å². The first kappa shape index (κ1) is 23.2. The summed E-state index contributed by atoms with van der Waals surface area (Å²) in [6, 6.07) is 18.8. The number of hydrogen-bond donors (Lipinski definition) is 2. The van der Waals surface area contributed by atoms with Crippen molar-refractivity contribution in [1.82, 2.24) is 0 Å². The van der Waals surface area contributed by atoms with E-state index in [0.717, 1.165) is 16.0 Å². The molecule has 0 saturated heterocycles. The van der Waals surface area contributed by atoms with E-state index >= 15 is 0 Å². The van der Waals surface area contributed by atoms with Gasteiger partial charge in [0.15, 0.2) is 0 Å². The molecule has 31 heavy (non-hydrogen) atoms. The van der Waals surface area contributed by atoms with Crippen LogP contribution >= 0.6 is 23.4 Å². The fourth-order valence-corrected chi connectivity index (χ4v) is 4.79. The van der Waals surface area contributed by atoms with Crippen LogP contribution in [0.2, 0.25) is 5.02 Å². The van der Waals surface area contributed by atoms with Gasteiger partial charge in [0.1, 0.15) is 0 Å². The molecule has 0 unspecified atom stereocenters. The second-order valence-corrected chi connectivity index (χ2v) is 10.7. The van der Waals surface area contributed by atoms with Crippen LogP contribution in [-0.4, -0.2) is 19.6 Å². The van der Waals surface area contributed by atoms with E-state index in [4.69, 9.17) is 11.6 Å². The minimum atomic E-state index is -3.73. The molecule has 0 saturated carbocycles. The maximum Gasteiger partial charge on any atom is 0.261 e. The molecule has 1 amide bonds. The highest BCUT2D eigenvalue weighted by Crippen LogP contribution is 2.26. The largest absolute Gasteiger partial charge is 0.325 e. The average Bonchev–Trinajstić information content (AvgIpc) is 2.72. The predicted octanol–water partition coefficient (Wildman–Crippen LogP) is 5.88. The number of rotatable bonds is 7. The van der Waals surface area contributed by atoms with Gasteiger partial charge < -0.3 is 5.32 Å². The number of aryl methyl sites for hydroxylation is 2. The van der Waals surface area contributed by atoms with Crippen molar-refractivity contribution >= 4 is 50.7 Å². The highest BCUT2D eigenvalue weighted by molar-refractivity contribution is 8.00. The van der Waals surface area contributed by atoms with Crippen molar-refractivity contribution in [3.8, 4) is 0 Å². The molecule has 1 atom stereocenters. The lowest BCUT2D eigenvalue weighted by molar-refractivity contribution is -0.115. The molecule has 162 valence electrons. The Morgan fingerprint density at radius 3 is 2.13 bits per heavy atom. The fourth-order valence-electron chi connectivity index (χ4n) is 2.75. The van der Waals surface area contributed by atoms with E-state index in [1.165, 1.54) is 23.9 Å². The number of halogens is 1. The summed E-state index contributed by atoms with van der Waals surface area (Å²) < 4.78 is 27.9. The third-order valence-corrected chi connectivity index (χ3v) is 7.45.